The summed E-state index contributed by atoms with van der Waals surface area (Å²) in [6.07, 6.45) is -3.41. The minimum absolute atomic E-state index is 0.0847. The number of alkyl halides is 3. The average Bonchev–Trinajstić information content (AvgIpc) is 3.28. The van der Waals surface area contributed by atoms with Crippen molar-refractivity contribution in [1.29, 1.82) is 0 Å². The molecule has 9 heteroatoms. The zero-order chi connectivity index (χ0) is 27.4. The van der Waals surface area contributed by atoms with E-state index in [0.29, 0.717) is 59.7 Å². The van der Waals surface area contributed by atoms with E-state index in [2.05, 4.69) is 5.10 Å². The van der Waals surface area contributed by atoms with Crippen LogP contribution in [-0.4, -0.2) is 35.7 Å². The van der Waals surface area contributed by atoms with Gasteiger partial charge in [0.25, 0.3) is 0 Å². The standard InChI is InChI=1S/C30H29F4N3O2/c31-29-24-18-22(11-14-26(24)37(36-29)27-8-4-5-16-39-27)28(21-9-12-23(13-10-21)38-17-15-35)25(19-30(32,33)34)20-6-2-1-3-7-20/h1-3,6-7,9-14,18,27H,4-5,8,15-17,19,35H2/b28-25+. The van der Waals surface area contributed by atoms with Crippen molar-refractivity contribution in [2.75, 3.05) is 19.8 Å². The number of aromatic nitrogens is 2. The van der Waals surface area contributed by atoms with Crippen molar-refractivity contribution in [3.05, 3.63) is 95.4 Å². The summed E-state index contributed by atoms with van der Waals surface area (Å²) in [6, 6.07) is 20.2. The molecule has 5 nitrogen and oxygen atoms in total. The van der Waals surface area contributed by atoms with E-state index in [0.717, 1.165) is 12.8 Å². The van der Waals surface area contributed by atoms with Crippen LogP contribution >= 0.6 is 0 Å². The van der Waals surface area contributed by atoms with Gasteiger partial charge in [-0.2, -0.15) is 17.6 Å². The Balaban J connectivity index is 1.69. The first-order chi connectivity index (χ1) is 18.8. The Hall–Kier alpha value is -3.69. The molecular weight excluding hydrogens is 510 g/mol. The predicted molar refractivity (Wildman–Crippen MR) is 143 cm³/mol. The molecule has 1 unspecified atom stereocenters. The van der Waals surface area contributed by atoms with E-state index in [1.54, 1.807) is 72.8 Å². The average molecular weight is 540 g/mol. The first-order valence-electron chi connectivity index (χ1n) is 12.9. The lowest BCUT2D eigenvalue weighted by molar-refractivity contribution is -0.122. The number of hydrogen-bond donors (Lipinski definition) is 1. The lowest BCUT2D eigenvalue weighted by atomic mass is 9.87. The Kier molecular flexibility index (Phi) is 7.99. The zero-order valence-electron chi connectivity index (χ0n) is 21.3. The quantitative estimate of drug-likeness (QED) is 0.191. The fraction of sp³-hybridized carbons (Fsp3) is 0.300. The van der Waals surface area contributed by atoms with Crippen LogP contribution in [0.15, 0.2) is 72.8 Å². The van der Waals surface area contributed by atoms with Crippen molar-refractivity contribution in [3.8, 4) is 5.75 Å². The summed E-state index contributed by atoms with van der Waals surface area (Å²) >= 11 is 0. The predicted octanol–water partition coefficient (Wildman–Crippen LogP) is 7.12. The largest absolute Gasteiger partial charge is 0.492 e. The first-order valence-corrected chi connectivity index (χ1v) is 12.9. The molecule has 39 heavy (non-hydrogen) atoms. The molecule has 1 fully saturated rings. The lowest BCUT2D eigenvalue weighted by Gasteiger charge is -2.23. The molecule has 4 aromatic rings. The highest BCUT2D eigenvalue weighted by Gasteiger charge is 2.32. The Morgan fingerprint density at radius 2 is 1.72 bits per heavy atom. The number of ether oxygens (including phenoxy) is 2. The van der Waals surface area contributed by atoms with E-state index in [-0.39, 0.29) is 17.2 Å². The normalized spacial score (nSPS) is 16.8. The van der Waals surface area contributed by atoms with Crippen molar-refractivity contribution in [3.63, 3.8) is 0 Å². The second-order valence-corrected chi connectivity index (χ2v) is 9.46. The number of hydrogen-bond acceptors (Lipinski definition) is 4. The number of benzene rings is 3. The van der Waals surface area contributed by atoms with Crippen molar-refractivity contribution in [2.24, 2.45) is 5.73 Å². The van der Waals surface area contributed by atoms with E-state index in [9.17, 15) is 13.2 Å². The minimum atomic E-state index is -4.47. The topological polar surface area (TPSA) is 62.3 Å². The zero-order valence-corrected chi connectivity index (χ0v) is 21.3. The van der Waals surface area contributed by atoms with Crippen molar-refractivity contribution in [1.82, 2.24) is 9.78 Å². The highest BCUT2D eigenvalue weighted by Crippen LogP contribution is 2.41. The Bertz CT molecular complexity index is 1440. The molecule has 2 N–H and O–H groups in total. The second-order valence-electron chi connectivity index (χ2n) is 9.46. The molecule has 1 aliphatic rings. The number of rotatable bonds is 8. The molecule has 0 spiro atoms. The maximum Gasteiger partial charge on any atom is 0.393 e. The van der Waals surface area contributed by atoms with E-state index in [1.165, 1.54) is 4.68 Å². The molecule has 1 aliphatic heterocycles. The Morgan fingerprint density at radius 1 is 0.974 bits per heavy atom. The Morgan fingerprint density at radius 3 is 2.38 bits per heavy atom. The number of halogens is 4. The molecule has 1 aromatic heterocycles. The molecule has 5 rings (SSSR count). The fourth-order valence-corrected chi connectivity index (χ4v) is 4.98. The number of nitrogens with zero attached hydrogens (tertiary/aromatic N) is 2. The molecule has 0 bridgehead atoms. The van der Waals surface area contributed by atoms with Gasteiger partial charge in [-0.15, -0.1) is 5.10 Å². The SMILES string of the molecule is NCCOc1ccc(/C(=C(/CC(F)(F)F)c2ccccc2)c2ccc3c(c2)c(F)nn3C2CCCCO2)cc1. The van der Waals surface area contributed by atoms with Gasteiger partial charge in [0.1, 0.15) is 12.4 Å². The molecule has 204 valence electrons. The van der Waals surface area contributed by atoms with Crippen LogP contribution in [-0.2, 0) is 4.74 Å². The first kappa shape index (κ1) is 26.9. The van der Waals surface area contributed by atoms with Gasteiger partial charge in [-0.25, -0.2) is 4.68 Å². The van der Waals surface area contributed by atoms with Crippen LogP contribution in [0, 0.1) is 5.95 Å². The van der Waals surface area contributed by atoms with Gasteiger partial charge in [-0.1, -0.05) is 48.5 Å². The minimum Gasteiger partial charge on any atom is -0.492 e. The number of allylic oxidation sites excluding steroid dienone is 1. The second kappa shape index (κ2) is 11.6. The maximum atomic E-state index is 15.2. The van der Waals surface area contributed by atoms with E-state index < -0.39 is 18.5 Å². The molecule has 2 heterocycles. The van der Waals surface area contributed by atoms with Crippen molar-refractivity contribution >= 4 is 22.0 Å². The van der Waals surface area contributed by atoms with E-state index in [4.69, 9.17) is 15.2 Å². The Labute approximate surface area is 223 Å². The van der Waals surface area contributed by atoms with Crippen LogP contribution in [0.4, 0.5) is 17.6 Å². The summed E-state index contributed by atoms with van der Waals surface area (Å²) in [5.41, 5.74) is 7.91. The van der Waals surface area contributed by atoms with Gasteiger partial charge < -0.3 is 15.2 Å². The molecule has 3 aromatic carbocycles. The van der Waals surface area contributed by atoms with Gasteiger partial charge in [0, 0.05) is 13.2 Å². The van der Waals surface area contributed by atoms with Crippen LogP contribution in [0.5, 0.6) is 5.75 Å². The highest BCUT2D eigenvalue weighted by molar-refractivity contribution is 6.00. The molecule has 0 aliphatic carbocycles. The van der Waals surface area contributed by atoms with Gasteiger partial charge in [0.05, 0.1) is 17.3 Å². The molecular formula is C30H29F4N3O2. The van der Waals surface area contributed by atoms with Crippen LogP contribution in [0.25, 0.3) is 22.0 Å². The van der Waals surface area contributed by atoms with E-state index in [1.807, 2.05) is 0 Å². The molecule has 1 saturated heterocycles. The van der Waals surface area contributed by atoms with Gasteiger partial charge >= 0.3 is 6.18 Å². The highest BCUT2D eigenvalue weighted by atomic mass is 19.4. The fourth-order valence-electron chi connectivity index (χ4n) is 4.98. The lowest BCUT2D eigenvalue weighted by Crippen LogP contribution is -2.19. The van der Waals surface area contributed by atoms with Crippen LogP contribution in [0.2, 0.25) is 0 Å². The van der Waals surface area contributed by atoms with Crippen molar-refractivity contribution < 1.29 is 27.0 Å². The van der Waals surface area contributed by atoms with Crippen LogP contribution in [0.3, 0.4) is 0 Å². The smallest absolute Gasteiger partial charge is 0.393 e. The molecule has 0 amide bonds. The molecule has 1 atom stereocenters. The number of fused-ring (bicyclic) bond motifs is 1. The molecule has 0 radical (unpaired) electrons. The summed E-state index contributed by atoms with van der Waals surface area (Å²) < 4.78 is 69.9. The maximum absolute atomic E-state index is 15.2. The van der Waals surface area contributed by atoms with Crippen molar-refractivity contribution in [2.45, 2.75) is 38.1 Å². The summed E-state index contributed by atoms with van der Waals surface area (Å²) in [6.45, 7) is 1.22. The van der Waals surface area contributed by atoms with Gasteiger partial charge in [0.2, 0.25) is 5.95 Å². The van der Waals surface area contributed by atoms with Gasteiger partial charge in [-0.05, 0) is 71.4 Å². The van der Waals surface area contributed by atoms with Crippen LogP contribution in [0.1, 0.15) is 48.6 Å². The third kappa shape index (κ3) is 6.15. The van der Waals surface area contributed by atoms with E-state index >= 15 is 4.39 Å². The monoisotopic (exact) mass is 539 g/mol. The number of nitrogens with two attached hydrogens (primary N) is 1. The summed E-state index contributed by atoms with van der Waals surface area (Å²) in [5.74, 6) is -0.140. The summed E-state index contributed by atoms with van der Waals surface area (Å²) in [4.78, 5) is 0. The third-order valence-electron chi connectivity index (χ3n) is 6.71. The van der Waals surface area contributed by atoms with Gasteiger partial charge in [0.15, 0.2) is 6.23 Å². The summed E-state index contributed by atoms with van der Waals surface area (Å²) in [7, 11) is 0. The summed E-state index contributed by atoms with van der Waals surface area (Å²) in [5, 5.41) is 4.31. The molecule has 0 saturated carbocycles. The van der Waals surface area contributed by atoms with Crippen LogP contribution < -0.4 is 10.5 Å². The third-order valence-corrected chi connectivity index (χ3v) is 6.71. The van der Waals surface area contributed by atoms with Gasteiger partial charge in [-0.3, -0.25) is 0 Å².